The molecule has 0 aliphatic heterocycles. The number of carbonyl (C=O) groups is 1. The number of primary amides is 1. The third-order valence-corrected chi connectivity index (χ3v) is 3.30. The lowest BCUT2D eigenvalue weighted by molar-refractivity contribution is -0.119. The maximum atomic E-state index is 10.7. The molecule has 2 N–H and O–H groups in total. The summed E-state index contributed by atoms with van der Waals surface area (Å²) in [4.78, 5) is 15.2. The van der Waals surface area contributed by atoms with Crippen molar-refractivity contribution in [2.75, 3.05) is 6.61 Å². The minimum absolute atomic E-state index is 0.138. The Morgan fingerprint density at radius 3 is 2.64 bits per heavy atom. The van der Waals surface area contributed by atoms with Crippen LogP contribution in [0.4, 0.5) is 0 Å². The molecule has 1 amide bonds. The number of hydrogen-bond acceptors (Lipinski definition) is 4. The zero-order valence-corrected chi connectivity index (χ0v) is 12.4. The second-order valence-corrected chi connectivity index (χ2v) is 5.23. The summed E-state index contributed by atoms with van der Waals surface area (Å²) in [6.07, 6.45) is 0. The number of fused-ring (bicyclic) bond motifs is 1. The van der Waals surface area contributed by atoms with Crippen molar-refractivity contribution in [2.45, 2.75) is 13.8 Å². The van der Waals surface area contributed by atoms with Gasteiger partial charge in [-0.05, 0) is 55.3 Å². The molecule has 5 heteroatoms. The van der Waals surface area contributed by atoms with E-state index in [0.29, 0.717) is 11.6 Å². The normalized spacial score (nSPS) is 10.8. The summed E-state index contributed by atoms with van der Waals surface area (Å²) in [6.45, 7) is 3.90. The summed E-state index contributed by atoms with van der Waals surface area (Å²) in [5.74, 6) is 0.629. The predicted octanol–water partition coefficient (Wildman–Crippen LogP) is 2.98. The molecule has 112 valence electrons. The van der Waals surface area contributed by atoms with Crippen LogP contribution in [0.15, 0.2) is 40.8 Å². The lowest BCUT2D eigenvalue weighted by Crippen LogP contribution is -2.19. The monoisotopic (exact) mass is 296 g/mol. The van der Waals surface area contributed by atoms with Crippen LogP contribution in [0.5, 0.6) is 5.75 Å². The lowest BCUT2D eigenvalue weighted by Gasteiger charge is -2.03. The van der Waals surface area contributed by atoms with Crippen molar-refractivity contribution < 1.29 is 13.9 Å². The fourth-order valence-corrected chi connectivity index (χ4v) is 2.35. The molecule has 22 heavy (non-hydrogen) atoms. The van der Waals surface area contributed by atoms with Gasteiger partial charge < -0.3 is 14.9 Å². The van der Waals surface area contributed by atoms with Gasteiger partial charge >= 0.3 is 0 Å². The van der Waals surface area contributed by atoms with Gasteiger partial charge in [-0.1, -0.05) is 6.07 Å². The smallest absolute Gasteiger partial charge is 0.255 e. The third kappa shape index (κ3) is 2.79. The summed E-state index contributed by atoms with van der Waals surface area (Å²) < 4.78 is 11.1. The van der Waals surface area contributed by atoms with Gasteiger partial charge in [-0.2, -0.15) is 0 Å². The Bertz CT molecular complexity index is 835. The van der Waals surface area contributed by atoms with E-state index < -0.39 is 5.91 Å². The molecule has 5 nitrogen and oxygen atoms in total. The lowest BCUT2D eigenvalue weighted by atomic mass is 10.1. The molecule has 0 radical (unpaired) electrons. The van der Waals surface area contributed by atoms with E-state index in [9.17, 15) is 4.79 Å². The van der Waals surface area contributed by atoms with Crippen LogP contribution in [0.2, 0.25) is 0 Å². The molecule has 0 fully saturated rings. The first kappa shape index (κ1) is 14.1. The van der Waals surface area contributed by atoms with Gasteiger partial charge in [0.15, 0.2) is 12.2 Å². The van der Waals surface area contributed by atoms with Crippen LogP contribution in [0.3, 0.4) is 0 Å². The number of benzene rings is 2. The van der Waals surface area contributed by atoms with Crippen LogP contribution in [0, 0.1) is 13.8 Å². The Balaban J connectivity index is 1.91. The highest BCUT2D eigenvalue weighted by molar-refractivity contribution is 5.80. The average molecular weight is 296 g/mol. The second-order valence-electron chi connectivity index (χ2n) is 5.23. The molecular formula is C17H16N2O3. The first-order chi connectivity index (χ1) is 10.5. The summed E-state index contributed by atoms with van der Waals surface area (Å²) >= 11 is 0. The number of oxazole rings is 1. The molecule has 0 saturated carbocycles. The second kappa shape index (κ2) is 5.52. The van der Waals surface area contributed by atoms with Crippen molar-refractivity contribution in [3.05, 3.63) is 47.5 Å². The van der Waals surface area contributed by atoms with Gasteiger partial charge in [0, 0.05) is 5.56 Å². The number of ether oxygens (including phenoxy) is 1. The number of hydrogen-bond donors (Lipinski definition) is 1. The number of nitrogens with two attached hydrogens (primary N) is 1. The number of aryl methyl sites for hydroxylation is 2. The molecule has 0 aliphatic rings. The quantitative estimate of drug-likeness (QED) is 0.802. The van der Waals surface area contributed by atoms with E-state index in [2.05, 4.69) is 11.1 Å². The van der Waals surface area contributed by atoms with Crippen LogP contribution in [0.25, 0.3) is 22.6 Å². The number of nitrogens with zero attached hydrogens (tertiary/aromatic N) is 1. The van der Waals surface area contributed by atoms with Gasteiger partial charge in [0.05, 0.1) is 0 Å². The summed E-state index contributed by atoms with van der Waals surface area (Å²) in [5, 5.41) is 0. The third-order valence-electron chi connectivity index (χ3n) is 3.30. The Kier molecular flexibility index (Phi) is 3.55. The van der Waals surface area contributed by atoms with Crippen molar-refractivity contribution >= 4 is 17.0 Å². The van der Waals surface area contributed by atoms with Gasteiger partial charge in [-0.15, -0.1) is 0 Å². The molecule has 0 aliphatic carbocycles. The minimum Gasteiger partial charge on any atom is -0.484 e. The SMILES string of the molecule is Cc1cc(C)c2oc(-c3ccc(OCC(N)=O)cc3)nc2c1. The Labute approximate surface area is 127 Å². The molecule has 3 rings (SSSR count). The van der Waals surface area contributed by atoms with E-state index in [1.54, 1.807) is 12.1 Å². The molecule has 0 spiro atoms. The molecule has 0 unspecified atom stereocenters. The zero-order chi connectivity index (χ0) is 15.7. The first-order valence-electron chi connectivity index (χ1n) is 6.92. The van der Waals surface area contributed by atoms with Gasteiger partial charge in [-0.25, -0.2) is 4.98 Å². The van der Waals surface area contributed by atoms with E-state index in [1.165, 1.54) is 0 Å². The van der Waals surface area contributed by atoms with Crippen molar-refractivity contribution in [2.24, 2.45) is 5.73 Å². The van der Waals surface area contributed by atoms with Crippen molar-refractivity contribution in [1.82, 2.24) is 4.98 Å². The van der Waals surface area contributed by atoms with Crippen LogP contribution in [-0.2, 0) is 4.79 Å². The maximum Gasteiger partial charge on any atom is 0.255 e. The number of aromatic nitrogens is 1. The molecule has 1 aromatic heterocycles. The van der Waals surface area contributed by atoms with E-state index in [-0.39, 0.29) is 6.61 Å². The van der Waals surface area contributed by atoms with Gasteiger partial charge in [0.2, 0.25) is 5.89 Å². The summed E-state index contributed by atoms with van der Waals surface area (Å²) in [5.41, 5.74) is 9.76. The fraction of sp³-hybridized carbons (Fsp3) is 0.176. The average Bonchev–Trinajstić information content (AvgIpc) is 2.90. The summed E-state index contributed by atoms with van der Waals surface area (Å²) in [6, 6.07) is 11.3. The highest BCUT2D eigenvalue weighted by Gasteiger charge is 2.11. The maximum absolute atomic E-state index is 10.7. The molecule has 0 atom stereocenters. The Hall–Kier alpha value is -2.82. The Morgan fingerprint density at radius 2 is 1.95 bits per heavy atom. The van der Waals surface area contributed by atoms with Crippen LogP contribution in [-0.4, -0.2) is 17.5 Å². The van der Waals surface area contributed by atoms with Gasteiger partial charge in [-0.3, -0.25) is 4.79 Å². The van der Waals surface area contributed by atoms with E-state index >= 15 is 0 Å². The highest BCUT2D eigenvalue weighted by Crippen LogP contribution is 2.28. The zero-order valence-electron chi connectivity index (χ0n) is 12.4. The molecule has 0 saturated heterocycles. The fourth-order valence-electron chi connectivity index (χ4n) is 2.35. The van der Waals surface area contributed by atoms with E-state index in [1.807, 2.05) is 32.0 Å². The predicted molar refractivity (Wildman–Crippen MR) is 83.6 cm³/mol. The van der Waals surface area contributed by atoms with Gasteiger partial charge in [0.1, 0.15) is 11.3 Å². The van der Waals surface area contributed by atoms with Crippen LogP contribution >= 0.6 is 0 Å². The number of amides is 1. The van der Waals surface area contributed by atoms with Crippen molar-refractivity contribution in [3.8, 4) is 17.2 Å². The van der Waals surface area contributed by atoms with E-state index in [0.717, 1.165) is 27.8 Å². The standard InChI is InChI=1S/C17H16N2O3/c1-10-7-11(2)16-14(8-10)19-17(22-16)12-3-5-13(6-4-12)21-9-15(18)20/h3-8H,9H2,1-2H3,(H2,18,20). The molecular weight excluding hydrogens is 280 g/mol. The highest BCUT2D eigenvalue weighted by atomic mass is 16.5. The van der Waals surface area contributed by atoms with Crippen LogP contribution in [0.1, 0.15) is 11.1 Å². The van der Waals surface area contributed by atoms with Crippen molar-refractivity contribution in [3.63, 3.8) is 0 Å². The van der Waals surface area contributed by atoms with Crippen molar-refractivity contribution in [1.29, 1.82) is 0 Å². The molecule has 1 heterocycles. The number of rotatable bonds is 4. The van der Waals surface area contributed by atoms with Gasteiger partial charge in [0.25, 0.3) is 5.91 Å². The van der Waals surface area contributed by atoms with Crippen LogP contribution < -0.4 is 10.5 Å². The molecule has 2 aromatic carbocycles. The Morgan fingerprint density at radius 1 is 1.23 bits per heavy atom. The first-order valence-corrected chi connectivity index (χ1v) is 6.92. The molecule has 0 bridgehead atoms. The largest absolute Gasteiger partial charge is 0.484 e. The topological polar surface area (TPSA) is 78.4 Å². The van der Waals surface area contributed by atoms with E-state index in [4.69, 9.17) is 14.9 Å². The minimum atomic E-state index is -0.506. The number of carbonyl (C=O) groups excluding carboxylic acids is 1. The summed E-state index contributed by atoms with van der Waals surface area (Å²) in [7, 11) is 0. The molecule has 3 aromatic rings.